The number of hydrogen-bond donors (Lipinski definition) is 0. The zero-order valence-corrected chi connectivity index (χ0v) is 12.1. The Kier molecular flexibility index (Phi) is 3.08. The number of hydrogen-bond acceptors (Lipinski definition) is 5. The molecule has 6 heteroatoms. The highest BCUT2D eigenvalue weighted by Crippen LogP contribution is 2.43. The molecule has 1 aliphatic carbocycles. The van der Waals surface area contributed by atoms with E-state index in [-0.39, 0.29) is 0 Å². The molecule has 0 aromatic carbocycles. The van der Waals surface area contributed by atoms with Crippen LogP contribution in [0.2, 0.25) is 0 Å². The second-order valence-electron chi connectivity index (χ2n) is 5.46. The first kappa shape index (κ1) is 10.7. The predicted molar refractivity (Wildman–Crippen MR) is 77.8 cm³/mol. The average Bonchev–Trinajstić information content (AvgIpc) is 3.06. The minimum absolute atomic E-state index is 0.311. The first-order chi connectivity index (χ1) is 10.9. The van der Waals surface area contributed by atoms with Crippen LogP contribution in [0.5, 0.6) is 5.88 Å². The van der Waals surface area contributed by atoms with Crippen LogP contribution in [0.1, 0.15) is 41.9 Å². The number of alkyl halides is 1. The van der Waals surface area contributed by atoms with Gasteiger partial charge in [-0.2, -0.15) is 4.37 Å². The van der Waals surface area contributed by atoms with Crippen LogP contribution in [0.15, 0.2) is 6.08 Å². The Morgan fingerprint density at radius 2 is 2.45 bits per heavy atom. The van der Waals surface area contributed by atoms with Crippen LogP contribution in [0.3, 0.4) is 0 Å². The third-order valence-corrected chi connectivity index (χ3v) is 4.23. The fourth-order valence-electron chi connectivity index (χ4n) is 2.33. The summed E-state index contributed by atoms with van der Waals surface area (Å²) in [6, 6.07) is 0. The van der Waals surface area contributed by atoms with Gasteiger partial charge in [-0.1, -0.05) is 6.08 Å². The van der Waals surface area contributed by atoms with Crippen molar-refractivity contribution in [3.05, 3.63) is 11.8 Å². The largest absolute Gasteiger partial charge is 0.475 e. The van der Waals surface area contributed by atoms with Gasteiger partial charge in [0.2, 0.25) is 0 Å². The molecule has 0 unspecified atom stereocenters. The van der Waals surface area contributed by atoms with Crippen molar-refractivity contribution in [3.8, 4) is 5.88 Å². The number of nitrogens with zero attached hydrogens (tertiary/aromatic N) is 3. The Balaban J connectivity index is 1.58. The summed E-state index contributed by atoms with van der Waals surface area (Å²) in [6.07, 6.45) is 5.15. The van der Waals surface area contributed by atoms with Crippen LogP contribution in [0.4, 0.5) is 4.39 Å². The summed E-state index contributed by atoms with van der Waals surface area (Å²) in [5.74, 6) is 0.428. The molecule has 110 valence electrons. The first-order valence-corrected chi connectivity index (χ1v) is 7.69. The van der Waals surface area contributed by atoms with E-state index in [0.29, 0.717) is 63.4 Å². The fourth-order valence-corrected chi connectivity index (χ4v) is 2.86. The summed E-state index contributed by atoms with van der Waals surface area (Å²) < 4.78 is 50.2. The molecule has 0 atom stereocenters. The van der Waals surface area contributed by atoms with Gasteiger partial charge in [0.15, 0.2) is 0 Å². The lowest BCUT2D eigenvalue weighted by molar-refractivity contribution is 0.240. The van der Waals surface area contributed by atoms with E-state index in [9.17, 15) is 4.39 Å². The molecule has 0 N–H and O–H groups in total. The van der Waals surface area contributed by atoms with Gasteiger partial charge in [0.05, 0.1) is 18.3 Å². The maximum absolute atomic E-state index is 13.5. The van der Waals surface area contributed by atoms with Crippen molar-refractivity contribution >= 4 is 17.3 Å². The van der Waals surface area contributed by atoms with Crippen LogP contribution in [-0.4, -0.2) is 46.0 Å². The summed E-state index contributed by atoms with van der Waals surface area (Å²) in [7, 11) is 0. The smallest absolute Gasteiger partial charge is 0.253 e. The van der Waals surface area contributed by atoms with Crippen molar-refractivity contribution in [1.29, 1.82) is 0 Å². The quantitative estimate of drug-likeness (QED) is 0.757. The molecular formula is C14H20FN3OS. The first-order valence-electron chi connectivity index (χ1n) is 8.46. The Bertz CT molecular complexity index is 586. The second kappa shape index (κ2) is 5.77. The van der Waals surface area contributed by atoms with E-state index in [1.54, 1.807) is 0 Å². The van der Waals surface area contributed by atoms with Gasteiger partial charge in [-0.25, -0.2) is 4.39 Å². The molecule has 3 rings (SSSR count). The Morgan fingerprint density at radius 1 is 1.55 bits per heavy atom. The Labute approximate surface area is 127 Å². The summed E-state index contributed by atoms with van der Waals surface area (Å²) in [5.41, 5.74) is 0.490. The van der Waals surface area contributed by atoms with Crippen molar-refractivity contribution in [2.75, 3.05) is 26.7 Å². The second-order valence-corrected chi connectivity index (χ2v) is 5.99. The molecule has 0 saturated heterocycles. The third kappa shape index (κ3) is 3.35. The molecule has 1 aromatic rings. The zero-order valence-electron chi connectivity index (χ0n) is 14.3. The van der Waals surface area contributed by atoms with Gasteiger partial charge in [-0.05, 0) is 44.7 Å². The van der Waals surface area contributed by atoms with Gasteiger partial charge < -0.3 is 9.64 Å². The van der Waals surface area contributed by atoms with E-state index in [0.717, 1.165) is 17.3 Å². The van der Waals surface area contributed by atoms with Crippen LogP contribution in [0.25, 0.3) is 5.57 Å². The molecule has 0 spiro atoms. The standard InChI is InChI=1S/C14H20FN3OS/c1-18-8-2-4-11(10-18)12-13(17-20-16-12)19-9-3-5-14(15)6-7-14/h4H,2-3,5-10H2,1H3/i1D3. The van der Waals surface area contributed by atoms with E-state index >= 15 is 0 Å². The highest BCUT2D eigenvalue weighted by molar-refractivity contribution is 6.99. The molecule has 2 aliphatic rings. The van der Waals surface area contributed by atoms with Gasteiger partial charge in [0, 0.05) is 17.2 Å². The minimum atomic E-state index is -2.11. The molecule has 0 amide bonds. The van der Waals surface area contributed by atoms with Crippen LogP contribution >= 0.6 is 11.7 Å². The summed E-state index contributed by atoms with van der Waals surface area (Å²) in [6.45, 7) is -0.887. The van der Waals surface area contributed by atoms with Gasteiger partial charge in [-0.15, -0.1) is 4.37 Å². The molecule has 2 heterocycles. The highest BCUT2D eigenvalue weighted by Gasteiger charge is 2.42. The van der Waals surface area contributed by atoms with Crippen molar-refractivity contribution < 1.29 is 13.2 Å². The Hall–Kier alpha value is -1.01. The molecule has 0 radical (unpaired) electrons. The van der Waals surface area contributed by atoms with Crippen molar-refractivity contribution in [2.45, 2.75) is 37.8 Å². The summed E-state index contributed by atoms with van der Waals surface area (Å²) in [5, 5.41) is 0. The fraction of sp³-hybridized carbons (Fsp3) is 0.714. The van der Waals surface area contributed by atoms with Gasteiger partial charge >= 0.3 is 0 Å². The molecular weight excluding hydrogens is 277 g/mol. The molecule has 1 fully saturated rings. The van der Waals surface area contributed by atoms with Crippen molar-refractivity contribution in [3.63, 3.8) is 0 Å². The Morgan fingerprint density at radius 3 is 3.25 bits per heavy atom. The maximum Gasteiger partial charge on any atom is 0.253 e. The van der Waals surface area contributed by atoms with E-state index in [4.69, 9.17) is 8.85 Å². The highest BCUT2D eigenvalue weighted by atomic mass is 32.1. The van der Waals surface area contributed by atoms with Crippen LogP contribution < -0.4 is 4.74 Å². The molecule has 20 heavy (non-hydrogen) atoms. The summed E-state index contributed by atoms with van der Waals surface area (Å²) in [4.78, 5) is 1.45. The minimum Gasteiger partial charge on any atom is -0.475 e. The lowest BCUT2D eigenvalue weighted by Gasteiger charge is -2.22. The molecule has 1 saturated carbocycles. The number of ether oxygens (including phenoxy) is 1. The van der Waals surface area contributed by atoms with E-state index in [1.807, 2.05) is 6.08 Å². The maximum atomic E-state index is 13.5. The van der Waals surface area contributed by atoms with Crippen molar-refractivity contribution in [2.24, 2.45) is 0 Å². The number of halogens is 1. The number of likely N-dealkylation sites (N-methyl/N-ethyl adjacent to an activating group) is 1. The molecule has 1 aromatic heterocycles. The van der Waals surface area contributed by atoms with E-state index in [1.165, 1.54) is 4.90 Å². The van der Waals surface area contributed by atoms with Gasteiger partial charge in [0.1, 0.15) is 11.4 Å². The third-order valence-electron chi connectivity index (χ3n) is 3.71. The molecule has 1 aliphatic heterocycles. The normalized spacial score (nSPS) is 24.4. The number of rotatable bonds is 6. The SMILES string of the molecule is [2H]C([2H])([2H])N1CCC=C(c2nsnc2OCCCC2(F)CC2)C1. The molecule has 0 bridgehead atoms. The summed E-state index contributed by atoms with van der Waals surface area (Å²) >= 11 is 1.05. The topological polar surface area (TPSA) is 38.2 Å². The monoisotopic (exact) mass is 300 g/mol. The van der Waals surface area contributed by atoms with E-state index < -0.39 is 12.6 Å². The van der Waals surface area contributed by atoms with Crippen LogP contribution in [0, 0.1) is 0 Å². The van der Waals surface area contributed by atoms with Crippen molar-refractivity contribution in [1.82, 2.24) is 13.6 Å². The molecule has 4 nitrogen and oxygen atoms in total. The van der Waals surface area contributed by atoms with Crippen LogP contribution in [-0.2, 0) is 0 Å². The average molecular weight is 300 g/mol. The lowest BCUT2D eigenvalue weighted by Crippen LogP contribution is -2.25. The lowest BCUT2D eigenvalue weighted by atomic mass is 10.1. The zero-order chi connectivity index (χ0) is 16.5. The van der Waals surface area contributed by atoms with Gasteiger partial charge in [-0.3, -0.25) is 0 Å². The van der Waals surface area contributed by atoms with E-state index in [2.05, 4.69) is 8.75 Å². The number of aromatic nitrogens is 2. The van der Waals surface area contributed by atoms with Gasteiger partial charge in [0.25, 0.3) is 5.88 Å². The predicted octanol–water partition coefficient (Wildman–Crippen LogP) is 2.92.